The Morgan fingerprint density at radius 3 is 1.33 bits per heavy atom. The SMILES string of the molecule is CC/C=C\C/C=C\C/C=C\C/C=C\C/C=C\CCCCCC(=O)OC(C)CCCCCCCCCCCCCCCCCC(=O)O. The minimum absolute atomic E-state index is 0.0295. The summed E-state index contributed by atoms with van der Waals surface area (Å²) in [5.41, 5.74) is 0. The smallest absolute Gasteiger partial charge is 0.306 e. The van der Waals surface area contributed by atoms with Crippen molar-refractivity contribution in [1.29, 1.82) is 0 Å². The van der Waals surface area contributed by atoms with Gasteiger partial charge in [-0.15, -0.1) is 0 Å². The van der Waals surface area contributed by atoms with E-state index in [9.17, 15) is 9.59 Å². The molecule has 0 bridgehead atoms. The molecule has 46 heavy (non-hydrogen) atoms. The molecule has 0 amide bonds. The number of carboxylic acid groups (broad SMARTS) is 1. The molecule has 4 heteroatoms. The van der Waals surface area contributed by atoms with Crippen molar-refractivity contribution in [3.8, 4) is 0 Å². The zero-order valence-corrected chi connectivity index (χ0v) is 30.1. The summed E-state index contributed by atoms with van der Waals surface area (Å²) in [4.78, 5) is 22.6. The second kappa shape index (κ2) is 37.1. The quantitative estimate of drug-likeness (QED) is 0.0432. The number of esters is 1. The second-order valence-corrected chi connectivity index (χ2v) is 12.8. The normalized spacial score (nSPS) is 12.9. The van der Waals surface area contributed by atoms with Crippen LogP contribution in [-0.4, -0.2) is 23.1 Å². The highest BCUT2D eigenvalue weighted by molar-refractivity contribution is 5.69. The molecule has 0 rings (SSSR count). The number of aliphatic carboxylic acids is 1. The van der Waals surface area contributed by atoms with Crippen molar-refractivity contribution in [2.24, 2.45) is 0 Å². The Labute approximate surface area is 284 Å². The Kier molecular flexibility index (Phi) is 35.2. The van der Waals surface area contributed by atoms with E-state index in [1.54, 1.807) is 0 Å². The molecule has 0 aliphatic heterocycles. The van der Waals surface area contributed by atoms with Crippen LogP contribution in [0, 0.1) is 0 Å². The standard InChI is InChI=1S/C42H72O4/c1-3-4-5-6-7-8-9-10-11-12-13-14-18-21-24-27-30-33-36-39-42(45)46-40(2)37-34-31-28-25-22-19-16-15-17-20-23-26-29-32-35-38-41(43)44/h4-5,7-8,10-11,13-14,21,24,40H,3,6,9,12,15-20,22-23,25-39H2,1-2H3,(H,43,44)/b5-4-,8-7-,11-10-,14-13-,24-21-. The number of carbonyl (C=O) groups excluding carboxylic acids is 1. The van der Waals surface area contributed by atoms with Gasteiger partial charge in [-0.05, 0) is 77.6 Å². The predicted molar refractivity (Wildman–Crippen MR) is 199 cm³/mol. The molecular weight excluding hydrogens is 568 g/mol. The van der Waals surface area contributed by atoms with Crippen molar-refractivity contribution in [1.82, 2.24) is 0 Å². The Morgan fingerprint density at radius 1 is 0.500 bits per heavy atom. The van der Waals surface area contributed by atoms with Gasteiger partial charge in [0.25, 0.3) is 0 Å². The summed E-state index contributed by atoms with van der Waals surface area (Å²) < 4.78 is 5.63. The van der Waals surface area contributed by atoms with Gasteiger partial charge in [-0.25, -0.2) is 0 Å². The van der Waals surface area contributed by atoms with E-state index < -0.39 is 5.97 Å². The summed E-state index contributed by atoms with van der Waals surface area (Å²) >= 11 is 0. The van der Waals surface area contributed by atoms with Gasteiger partial charge in [0.2, 0.25) is 0 Å². The van der Waals surface area contributed by atoms with E-state index >= 15 is 0 Å². The molecule has 0 aromatic rings. The molecule has 0 aliphatic rings. The van der Waals surface area contributed by atoms with Crippen LogP contribution in [0.1, 0.15) is 187 Å². The molecule has 1 N–H and O–H groups in total. The Morgan fingerprint density at radius 2 is 0.870 bits per heavy atom. The van der Waals surface area contributed by atoms with E-state index in [0.717, 1.165) is 83.5 Å². The lowest BCUT2D eigenvalue weighted by Crippen LogP contribution is -2.14. The van der Waals surface area contributed by atoms with E-state index in [2.05, 4.69) is 67.7 Å². The zero-order chi connectivity index (χ0) is 33.6. The highest BCUT2D eigenvalue weighted by atomic mass is 16.5. The molecular formula is C42H72O4. The van der Waals surface area contributed by atoms with Crippen LogP contribution in [0.15, 0.2) is 60.8 Å². The van der Waals surface area contributed by atoms with E-state index in [4.69, 9.17) is 9.84 Å². The fourth-order valence-electron chi connectivity index (χ4n) is 5.43. The van der Waals surface area contributed by atoms with Gasteiger partial charge in [-0.3, -0.25) is 9.59 Å². The van der Waals surface area contributed by atoms with Crippen molar-refractivity contribution in [2.75, 3.05) is 0 Å². The van der Waals surface area contributed by atoms with Crippen molar-refractivity contribution >= 4 is 11.9 Å². The average molecular weight is 641 g/mol. The van der Waals surface area contributed by atoms with Gasteiger partial charge in [-0.2, -0.15) is 0 Å². The van der Waals surface area contributed by atoms with Crippen LogP contribution in [0.3, 0.4) is 0 Å². The maximum atomic E-state index is 12.2. The summed E-state index contributed by atoms with van der Waals surface area (Å²) in [6.45, 7) is 4.20. The maximum absolute atomic E-state index is 12.2. The van der Waals surface area contributed by atoms with Crippen molar-refractivity contribution in [2.45, 2.75) is 193 Å². The van der Waals surface area contributed by atoms with E-state index in [-0.39, 0.29) is 12.1 Å². The summed E-state index contributed by atoms with van der Waals surface area (Å²) in [7, 11) is 0. The topological polar surface area (TPSA) is 63.6 Å². The van der Waals surface area contributed by atoms with Gasteiger partial charge in [0.1, 0.15) is 0 Å². The van der Waals surface area contributed by atoms with Crippen molar-refractivity contribution in [3.05, 3.63) is 60.8 Å². The van der Waals surface area contributed by atoms with Crippen molar-refractivity contribution < 1.29 is 19.4 Å². The third kappa shape index (κ3) is 37.8. The maximum Gasteiger partial charge on any atom is 0.306 e. The lowest BCUT2D eigenvalue weighted by atomic mass is 10.0. The summed E-state index contributed by atoms with van der Waals surface area (Å²) in [5.74, 6) is -0.698. The van der Waals surface area contributed by atoms with E-state index in [1.165, 1.54) is 77.0 Å². The van der Waals surface area contributed by atoms with Crippen LogP contribution < -0.4 is 0 Å². The molecule has 0 fully saturated rings. The number of ether oxygens (including phenoxy) is 1. The van der Waals surface area contributed by atoms with Crippen LogP contribution in [0.2, 0.25) is 0 Å². The van der Waals surface area contributed by atoms with Gasteiger partial charge in [0, 0.05) is 12.8 Å². The first-order valence-corrected chi connectivity index (χ1v) is 19.2. The Balaban J connectivity index is 3.43. The minimum Gasteiger partial charge on any atom is -0.481 e. The van der Waals surface area contributed by atoms with Crippen molar-refractivity contribution in [3.63, 3.8) is 0 Å². The molecule has 1 atom stereocenters. The molecule has 0 heterocycles. The highest BCUT2D eigenvalue weighted by Crippen LogP contribution is 2.15. The molecule has 4 nitrogen and oxygen atoms in total. The van der Waals surface area contributed by atoms with Crippen LogP contribution >= 0.6 is 0 Å². The molecule has 0 aromatic carbocycles. The molecule has 0 aromatic heterocycles. The molecule has 0 radical (unpaired) electrons. The minimum atomic E-state index is -0.668. The van der Waals surface area contributed by atoms with Crippen LogP contribution in [0.5, 0.6) is 0 Å². The number of unbranched alkanes of at least 4 members (excludes halogenated alkanes) is 17. The molecule has 1 unspecified atom stereocenters. The monoisotopic (exact) mass is 641 g/mol. The molecule has 0 saturated heterocycles. The number of hydrogen-bond acceptors (Lipinski definition) is 3. The highest BCUT2D eigenvalue weighted by Gasteiger charge is 2.09. The third-order valence-corrected chi connectivity index (χ3v) is 8.24. The lowest BCUT2D eigenvalue weighted by Gasteiger charge is -2.13. The number of carboxylic acids is 1. The zero-order valence-electron chi connectivity index (χ0n) is 30.1. The van der Waals surface area contributed by atoms with E-state index in [1.807, 2.05) is 6.92 Å². The van der Waals surface area contributed by atoms with E-state index in [0.29, 0.717) is 12.8 Å². The van der Waals surface area contributed by atoms with Gasteiger partial charge in [0.05, 0.1) is 6.10 Å². The molecule has 0 spiro atoms. The Hall–Kier alpha value is -2.36. The number of carbonyl (C=O) groups is 2. The average Bonchev–Trinajstić information content (AvgIpc) is 3.03. The van der Waals surface area contributed by atoms with Gasteiger partial charge >= 0.3 is 11.9 Å². The predicted octanol–water partition coefficient (Wildman–Crippen LogP) is 13.3. The lowest BCUT2D eigenvalue weighted by molar-refractivity contribution is -0.148. The third-order valence-electron chi connectivity index (χ3n) is 8.24. The second-order valence-electron chi connectivity index (χ2n) is 12.8. The van der Waals surface area contributed by atoms with Crippen LogP contribution in [-0.2, 0) is 14.3 Å². The molecule has 0 aliphatic carbocycles. The number of hydrogen-bond donors (Lipinski definition) is 1. The first kappa shape index (κ1) is 43.6. The van der Waals surface area contributed by atoms with Crippen LogP contribution in [0.25, 0.3) is 0 Å². The van der Waals surface area contributed by atoms with Crippen LogP contribution in [0.4, 0.5) is 0 Å². The number of allylic oxidation sites excluding steroid dienone is 10. The molecule has 0 saturated carbocycles. The first-order chi connectivity index (χ1) is 22.6. The number of rotatable bonds is 34. The first-order valence-electron chi connectivity index (χ1n) is 19.2. The largest absolute Gasteiger partial charge is 0.481 e. The summed E-state index contributed by atoms with van der Waals surface area (Å²) in [6, 6.07) is 0. The van der Waals surface area contributed by atoms with Gasteiger partial charge < -0.3 is 9.84 Å². The Bertz CT molecular complexity index is 820. The molecule has 264 valence electrons. The fourth-order valence-corrected chi connectivity index (χ4v) is 5.43. The summed E-state index contributed by atoms with van der Waals surface area (Å²) in [5, 5.41) is 8.64. The van der Waals surface area contributed by atoms with Gasteiger partial charge in [-0.1, -0.05) is 158 Å². The summed E-state index contributed by atoms with van der Waals surface area (Å²) in [6.07, 6.45) is 52.2. The fraction of sp³-hybridized carbons (Fsp3) is 0.714. The van der Waals surface area contributed by atoms with Gasteiger partial charge in [0.15, 0.2) is 0 Å².